The molecule has 3 rings (SSSR count). The van der Waals surface area contributed by atoms with Crippen molar-refractivity contribution in [2.45, 2.75) is 31.8 Å². The van der Waals surface area contributed by atoms with Gasteiger partial charge in [0.2, 0.25) is 0 Å². The Hall–Kier alpha value is -2.12. The van der Waals surface area contributed by atoms with Gasteiger partial charge in [-0.25, -0.2) is 4.79 Å². The van der Waals surface area contributed by atoms with Crippen LogP contribution in [-0.4, -0.2) is 36.6 Å². The molecule has 0 aliphatic carbocycles. The summed E-state index contributed by atoms with van der Waals surface area (Å²) in [4.78, 5) is 24.1. The Morgan fingerprint density at radius 3 is 2.27 bits per heavy atom. The van der Waals surface area contributed by atoms with E-state index in [1.807, 2.05) is 80.7 Å². The van der Waals surface area contributed by atoms with Gasteiger partial charge in [-0.3, -0.25) is 4.79 Å². The van der Waals surface area contributed by atoms with Gasteiger partial charge in [-0.15, -0.1) is 23.5 Å². The van der Waals surface area contributed by atoms with Crippen molar-refractivity contribution < 1.29 is 19.1 Å². The minimum atomic E-state index is -0.579. The number of esters is 1. The molecule has 1 amide bonds. The smallest absolute Gasteiger partial charge is 0.344 e. The topological polar surface area (TPSA) is 64.6 Å². The normalized spacial score (nSPS) is 14.2. The van der Waals surface area contributed by atoms with E-state index in [1.54, 1.807) is 0 Å². The largest absolute Gasteiger partial charge is 0.482 e. The molecule has 0 unspecified atom stereocenters. The lowest BCUT2D eigenvalue weighted by atomic mass is 10.1. The summed E-state index contributed by atoms with van der Waals surface area (Å²) in [5, 5.41) is 2.81. The standard InChI is InChI=1S/C23H27NO4S2/c1-15-11-16(2)22(17(3)12-15)24-20(25)13-28-21(26)14-27-19-7-5-18(6-8-19)23-29-9-4-10-30-23/h5-8,11-12,23H,4,9-10,13-14H2,1-3H3,(H,24,25). The Bertz CT molecular complexity index is 870. The van der Waals surface area contributed by atoms with E-state index < -0.39 is 5.97 Å². The highest BCUT2D eigenvalue weighted by atomic mass is 32.2. The Kier molecular flexibility index (Phi) is 8.10. The second-order valence-electron chi connectivity index (χ2n) is 7.27. The van der Waals surface area contributed by atoms with Crippen LogP contribution in [0.4, 0.5) is 5.69 Å². The second kappa shape index (κ2) is 10.8. The summed E-state index contributed by atoms with van der Waals surface area (Å²) >= 11 is 3.93. The number of aryl methyl sites for hydroxylation is 3. The molecule has 0 aromatic heterocycles. The van der Waals surface area contributed by atoms with Crippen molar-refractivity contribution >= 4 is 41.1 Å². The van der Waals surface area contributed by atoms with E-state index in [0.717, 1.165) is 22.4 Å². The predicted molar refractivity (Wildman–Crippen MR) is 124 cm³/mol. The molecule has 0 atom stereocenters. The third-order valence-corrected chi connectivity index (χ3v) is 7.66. The minimum Gasteiger partial charge on any atom is -0.482 e. The predicted octanol–water partition coefficient (Wildman–Crippen LogP) is 5.04. The van der Waals surface area contributed by atoms with Crippen LogP contribution < -0.4 is 10.1 Å². The first kappa shape index (κ1) is 22.6. The molecule has 1 N–H and O–H groups in total. The zero-order chi connectivity index (χ0) is 21.5. The van der Waals surface area contributed by atoms with E-state index in [0.29, 0.717) is 10.3 Å². The monoisotopic (exact) mass is 445 g/mol. The molecule has 0 radical (unpaired) electrons. The number of ether oxygens (including phenoxy) is 2. The lowest BCUT2D eigenvalue weighted by Gasteiger charge is -2.21. The van der Waals surface area contributed by atoms with Crippen LogP contribution in [0.2, 0.25) is 0 Å². The highest BCUT2D eigenvalue weighted by Crippen LogP contribution is 2.43. The molecule has 0 saturated carbocycles. The van der Waals surface area contributed by atoms with Gasteiger partial charge in [0.05, 0.1) is 4.58 Å². The maximum Gasteiger partial charge on any atom is 0.344 e. The maximum absolute atomic E-state index is 12.1. The van der Waals surface area contributed by atoms with Crippen molar-refractivity contribution in [1.29, 1.82) is 0 Å². The third-order valence-electron chi connectivity index (χ3n) is 4.64. The van der Waals surface area contributed by atoms with E-state index in [9.17, 15) is 9.59 Å². The number of carbonyl (C=O) groups excluding carboxylic acids is 2. The quantitative estimate of drug-likeness (QED) is 0.602. The van der Waals surface area contributed by atoms with Gasteiger partial charge in [-0.2, -0.15) is 0 Å². The number of hydrogen-bond donors (Lipinski definition) is 1. The maximum atomic E-state index is 12.1. The number of rotatable bonds is 7. The first-order valence-electron chi connectivity index (χ1n) is 9.91. The summed E-state index contributed by atoms with van der Waals surface area (Å²) in [6.07, 6.45) is 1.26. The first-order valence-corrected chi connectivity index (χ1v) is 12.0. The molecule has 2 aromatic rings. The summed E-state index contributed by atoms with van der Waals surface area (Å²) < 4.78 is 11.0. The molecule has 1 fully saturated rings. The molecule has 2 aromatic carbocycles. The molecular weight excluding hydrogens is 418 g/mol. The van der Waals surface area contributed by atoms with E-state index in [-0.39, 0.29) is 19.1 Å². The van der Waals surface area contributed by atoms with Crippen LogP contribution in [-0.2, 0) is 14.3 Å². The molecule has 0 bridgehead atoms. The molecule has 160 valence electrons. The second-order valence-corrected chi connectivity index (χ2v) is 9.99. The molecule has 1 heterocycles. The number of benzene rings is 2. The Morgan fingerprint density at radius 1 is 1.00 bits per heavy atom. The van der Waals surface area contributed by atoms with Crippen LogP contribution >= 0.6 is 23.5 Å². The van der Waals surface area contributed by atoms with Crippen LogP contribution in [0.5, 0.6) is 5.75 Å². The van der Waals surface area contributed by atoms with Crippen LogP contribution in [0.15, 0.2) is 36.4 Å². The van der Waals surface area contributed by atoms with Crippen molar-refractivity contribution in [2.24, 2.45) is 0 Å². The Balaban J connectivity index is 1.42. The summed E-state index contributed by atoms with van der Waals surface area (Å²) in [5.41, 5.74) is 5.11. The number of amides is 1. The van der Waals surface area contributed by atoms with E-state index >= 15 is 0 Å². The highest BCUT2D eigenvalue weighted by Gasteiger charge is 2.16. The molecule has 0 spiro atoms. The van der Waals surface area contributed by atoms with E-state index in [2.05, 4.69) is 5.32 Å². The van der Waals surface area contributed by atoms with Gasteiger partial charge in [0, 0.05) is 5.69 Å². The van der Waals surface area contributed by atoms with Crippen molar-refractivity contribution in [2.75, 3.05) is 30.0 Å². The van der Waals surface area contributed by atoms with E-state index in [4.69, 9.17) is 9.47 Å². The van der Waals surface area contributed by atoms with Gasteiger partial charge in [-0.05, 0) is 67.5 Å². The fourth-order valence-corrected chi connectivity index (χ4v) is 6.18. The molecule has 5 nitrogen and oxygen atoms in total. The number of thioether (sulfide) groups is 2. The Labute approximate surface area is 186 Å². The van der Waals surface area contributed by atoms with Gasteiger partial charge in [0.25, 0.3) is 5.91 Å². The first-order chi connectivity index (χ1) is 14.4. The third kappa shape index (κ3) is 6.44. The zero-order valence-electron chi connectivity index (χ0n) is 17.5. The van der Waals surface area contributed by atoms with Crippen LogP contribution in [0.25, 0.3) is 0 Å². The zero-order valence-corrected chi connectivity index (χ0v) is 19.2. The lowest BCUT2D eigenvalue weighted by Crippen LogP contribution is -2.24. The van der Waals surface area contributed by atoms with Gasteiger partial charge >= 0.3 is 5.97 Å². The number of anilines is 1. The minimum absolute atomic E-state index is 0.234. The van der Waals surface area contributed by atoms with Crippen LogP contribution in [0.1, 0.15) is 33.3 Å². The van der Waals surface area contributed by atoms with E-state index in [1.165, 1.54) is 23.5 Å². The number of hydrogen-bond acceptors (Lipinski definition) is 6. The summed E-state index contributed by atoms with van der Waals surface area (Å²) in [5.74, 6) is 2.05. The van der Waals surface area contributed by atoms with Crippen LogP contribution in [0.3, 0.4) is 0 Å². The highest BCUT2D eigenvalue weighted by molar-refractivity contribution is 8.16. The van der Waals surface area contributed by atoms with Gasteiger partial charge in [-0.1, -0.05) is 29.8 Å². The average molecular weight is 446 g/mol. The molecule has 30 heavy (non-hydrogen) atoms. The molecule has 7 heteroatoms. The van der Waals surface area contributed by atoms with Crippen molar-refractivity contribution in [3.63, 3.8) is 0 Å². The average Bonchev–Trinajstić information content (AvgIpc) is 2.74. The lowest BCUT2D eigenvalue weighted by molar-refractivity contribution is -0.149. The fraction of sp³-hybridized carbons (Fsp3) is 0.391. The van der Waals surface area contributed by atoms with Crippen molar-refractivity contribution in [3.05, 3.63) is 58.7 Å². The fourth-order valence-electron chi connectivity index (χ4n) is 3.28. The van der Waals surface area contributed by atoms with Gasteiger partial charge < -0.3 is 14.8 Å². The van der Waals surface area contributed by atoms with Gasteiger partial charge in [0.15, 0.2) is 13.2 Å². The molecular formula is C23H27NO4S2. The summed E-state index contributed by atoms with van der Waals surface area (Å²) in [6.45, 7) is 5.31. The number of carbonyl (C=O) groups is 2. The molecule has 1 saturated heterocycles. The summed E-state index contributed by atoms with van der Waals surface area (Å²) in [6, 6.07) is 11.8. The van der Waals surface area contributed by atoms with Crippen LogP contribution in [0, 0.1) is 20.8 Å². The van der Waals surface area contributed by atoms with Crippen molar-refractivity contribution in [1.82, 2.24) is 0 Å². The number of nitrogens with one attached hydrogen (secondary N) is 1. The van der Waals surface area contributed by atoms with Crippen molar-refractivity contribution in [3.8, 4) is 5.75 Å². The molecule has 1 aliphatic rings. The molecule has 1 aliphatic heterocycles. The Morgan fingerprint density at radius 2 is 1.63 bits per heavy atom. The van der Waals surface area contributed by atoms with Gasteiger partial charge in [0.1, 0.15) is 5.75 Å². The SMILES string of the molecule is Cc1cc(C)c(NC(=O)COC(=O)COc2ccc(C3SCCCS3)cc2)c(C)c1. The summed E-state index contributed by atoms with van der Waals surface area (Å²) in [7, 11) is 0.